The highest BCUT2D eigenvalue weighted by atomic mass is 16.4. The van der Waals surface area contributed by atoms with Crippen molar-refractivity contribution >= 4 is 16.9 Å². The van der Waals surface area contributed by atoms with E-state index >= 15 is 0 Å². The summed E-state index contributed by atoms with van der Waals surface area (Å²) in [5, 5.41) is 14.0. The van der Waals surface area contributed by atoms with Crippen LogP contribution in [0.15, 0.2) is 48.8 Å². The average Bonchev–Trinajstić information content (AvgIpc) is 2.82. The van der Waals surface area contributed by atoms with Gasteiger partial charge in [0.25, 0.3) is 0 Å². The number of carbonyl (C=O) groups is 1. The molecule has 0 bridgehead atoms. The zero-order valence-electron chi connectivity index (χ0n) is 9.32. The molecule has 0 spiro atoms. The molecule has 0 amide bonds. The largest absolute Gasteiger partial charge is 0.477 e. The van der Waals surface area contributed by atoms with Gasteiger partial charge in [0.05, 0.1) is 17.4 Å². The summed E-state index contributed by atoms with van der Waals surface area (Å²) in [4.78, 5) is 14.8. The smallest absolute Gasteiger partial charge is 0.354 e. The third-order valence-corrected chi connectivity index (χ3v) is 2.67. The van der Waals surface area contributed by atoms with Crippen LogP contribution in [0.4, 0.5) is 0 Å². The van der Waals surface area contributed by atoms with Gasteiger partial charge >= 0.3 is 5.97 Å². The number of nitrogens with zero attached hydrogens (tertiary/aromatic N) is 3. The summed E-state index contributed by atoms with van der Waals surface area (Å²) in [5.74, 6) is -1.04. The van der Waals surface area contributed by atoms with Crippen LogP contribution in [0.3, 0.4) is 0 Å². The van der Waals surface area contributed by atoms with Crippen molar-refractivity contribution < 1.29 is 9.90 Å². The first-order valence-electron chi connectivity index (χ1n) is 5.38. The Hall–Kier alpha value is -2.69. The van der Waals surface area contributed by atoms with Crippen molar-refractivity contribution in [1.82, 2.24) is 14.8 Å². The molecular formula is C13H9N3O2. The van der Waals surface area contributed by atoms with Crippen molar-refractivity contribution in [2.24, 2.45) is 0 Å². The van der Waals surface area contributed by atoms with Gasteiger partial charge in [0.15, 0.2) is 0 Å². The van der Waals surface area contributed by atoms with E-state index in [1.807, 2.05) is 30.3 Å². The maximum atomic E-state index is 10.9. The first-order valence-corrected chi connectivity index (χ1v) is 5.38. The molecular weight excluding hydrogens is 230 g/mol. The van der Waals surface area contributed by atoms with E-state index in [1.165, 1.54) is 12.3 Å². The molecule has 0 saturated heterocycles. The molecule has 0 saturated carbocycles. The van der Waals surface area contributed by atoms with Crippen molar-refractivity contribution in [2.75, 3.05) is 0 Å². The van der Waals surface area contributed by atoms with Crippen LogP contribution < -0.4 is 0 Å². The predicted molar refractivity (Wildman–Crippen MR) is 65.8 cm³/mol. The molecule has 2 aromatic heterocycles. The fourth-order valence-corrected chi connectivity index (χ4v) is 1.81. The molecule has 0 aliphatic rings. The zero-order valence-corrected chi connectivity index (χ0v) is 9.32. The summed E-state index contributed by atoms with van der Waals surface area (Å²) in [6.07, 6.45) is 3.19. The highest BCUT2D eigenvalue weighted by Crippen LogP contribution is 2.18. The first-order chi connectivity index (χ1) is 8.75. The lowest BCUT2D eigenvalue weighted by atomic mass is 10.2. The predicted octanol–water partition coefficient (Wildman–Crippen LogP) is 2.12. The van der Waals surface area contributed by atoms with Crippen LogP contribution in [0, 0.1) is 0 Å². The van der Waals surface area contributed by atoms with Gasteiger partial charge in [-0.2, -0.15) is 5.10 Å². The van der Waals surface area contributed by atoms with Crippen LogP contribution in [-0.4, -0.2) is 25.8 Å². The lowest BCUT2D eigenvalue weighted by Gasteiger charge is -2.03. The number of carboxylic acids is 1. The minimum absolute atomic E-state index is 0.0141. The van der Waals surface area contributed by atoms with Gasteiger partial charge in [0, 0.05) is 11.6 Å². The Morgan fingerprint density at radius 1 is 1.17 bits per heavy atom. The standard InChI is InChI=1S/C13H9N3O2/c17-13(18)11-6-12-9(7-14-11)8-15-16(12)10-4-2-1-3-5-10/h1-8H,(H,17,18). The molecule has 0 aliphatic carbocycles. The number of aromatic carboxylic acids is 1. The number of aromatic nitrogens is 3. The fourth-order valence-electron chi connectivity index (χ4n) is 1.81. The fraction of sp³-hybridized carbons (Fsp3) is 0. The first kappa shape index (κ1) is 10.5. The van der Waals surface area contributed by atoms with Gasteiger partial charge in [0.1, 0.15) is 5.69 Å². The van der Waals surface area contributed by atoms with Gasteiger partial charge in [-0.25, -0.2) is 14.5 Å². The third-order valence-electron chi connectivity index (χ3n) is 2.67. The van der Waals surface area contributed by atoms with E-state index in [2.05, 4.69) is 10.1 Å². The summed E-state index contributed by atoms with van der Waals surface area (Å²) < 4.78 is 1.70. The average molecular weight is 239 g/mol. The maximum Gasteiger partial charge on any atom is 0.354 e. The summed E-state index contributed by atoms with van der Waals surface area (Å²) in [6.45, 7) is 0. The van der Waals surface area contributed by atoms with E-state index < -0.39 is 5.97 Å². The topological polar surface area (TPSA) is 68.0 Å². The number of hydrogen-bond donors (Lipinski definition) is 1. The van der Waals surface area contributed by atoms with E-state index in [0.29, 0.717) is 0 Å². The van der Waals surface area contributed by atoms with Crippen LogP contribution >= 0.6 is 0 Å². The van der Waals surface area contributed by atoms with Crippen LogP contribution in [0.2, 0.25) is 0 Å². The molecule has 5 nitrogen and oxygen atoms in total. The molecule has 18 heavy (non-hydrogen) atoms. The Bertz CT molecular complexity index is 719. The van der Waals surface area contributed by atoms with Crippen molar-refractivity contribution in [3.8, 4) is 5.69 Å². The van der Waals surface area contributed by atoms with Crippen molar-refractivity contribution in [2.45, 2.75) is 0 Å². The maximum absolute atomic E-state index is 10.9. The summed E-state index contributed by atoms with van der Waals surface area (Å²) in [7, 11) is 0. The monoisotopic (exact) mass is 239 g/mol. The Labute approximate surface area is 102 Å². The van der Waals surface area contributed by atoms with Crippen LogP contribution in [0.5, 0.6) is 0 Å². The van der Waals surface area contributed by atoms with Gasteiger partial charge in [-0.05, 0) is 18.2 Å². The lowest BCUT2D eigenvalue weighted by molar-refractivity contribution is 0.0690. The van der Waals surface area contributed by atoms with Gasteiger partial charge in [-0.1, -0.05) is 18.2 Å². The SMILES string of the molecule is O=C(O)c1cc2c(cn1)cnn2-c1ccccc1. The summed E-state index contributed by atoms with van der Waals surface area (Å²) >= 11 is 0. The number of para-hydroxylation sites is 1. The normalized spacial score (nSPS) is 10.7. The van der Waals surface area contributed by atoms with Crippen molar-refractivity contribution in [1.29, 1.82) is 0 Å². The number of pyridine rings is 1. The summed E-state index contributed by atoms with van der Waals surface area (Å²) in [5.41, 5.74) is 1.63. The highest BCUT2D eigenvalue weighted by molar-refractivity contribution is 5.91. The molecule has 0 fully saturated rings. The van der Waals surface area contributed by atoms with Crippen molar-refractivity contribution in [3.05, 3.63) is 54.5 Å². The summed E-state index contributed by atoms with van der Waals surface area (Å²) in [6, 6.07) is 11.1. The van der Waals surface area contributed by atoms with Gasteiger partial charge in [-0.15, -0.1) is 0 Å². The second kappa shape index (κ2) is 3.96. The van der Waals surface area contributed by atoms with Crippen LogP contribution in [0.25, 0.3) is 16.6 Å². The molecule has 0 atom stereocenters. The second-order valence-corrected chi connectivity index (χ2v) is 3.83. The van der Waals surface area contributed by atoms with E-state index in [4.69, 9.17) is 5.11 Å². The molecule has 1 N–H and O–H groups in total. The van der Waals surface area contributed by atoms with E-state index in [-0.39, 0.29) is 5.69 Å². The number of fused-ring (bicyclic) bond motifs is 1. The number of hydrogen-bond acceptors (Lipinski definition) is 3. The van der Waals surface area contributed by atoms with Gasteiger partial charge < -0.3 is 5.11 Å². The number of rotatable bonds is 2. The number of benzene rings is 1. The third kappa shape index (κ3) is 1.62. The number of carboxylic acid groups (broad SMARTS) is 1. The van der Waals surface area contributed by atoms with E-state index in [0.717, 1.165) is 16.6 Å². The second-order valence-electron chi connectivity index (χ2n) is 3.83. The molecule has 0 unspecified atom stereocenters. The van der Waals surface area contributed by atoms with E-state index in [1.54, 1.807) is 10.9 Å². The Balaban J connectivity index is 2.24. The van der Waals surface area contributed by atoms with Crippen LogP contribution in [0.1, 0.15) is 10.5 Å². The zero-order chi connectivity index (χ0) is 12.5. The molecule has 1 aromatic carbocycles. The lowest BCUT2D eigenvalue weighted by Crippen LogP contribution is -2.01. The molecule has 5 heteroatoms. The minimum Gasteiger partial charge on any atom is -0.477 e. The Kier molecular flexibility index (Phi) is 2.30. The van der Waals surface area contributed by atoms with Gasteiger partial charge in [-0.3, -0.25) is 0 Å². The molecule has 3 aromatic rings. The Morgan fingerprint density at radius 3 is 2.67 bits per heavy atom. The Morgan fingerprint density at radius 2 is 1.94 bits per heavy atom. The van der Waals surface area contributed by atoms with E-state index in [9.17, 15) is 4.79 Å². The minimum atomic E-state index is -1.04. The highest BCUT2D eigenvalue weighted by Gasteiger charge is 2.10. The quantitative estimate of drug-likeness (QED) is 0.743. The van der Waals surface area contributed by atoms with Crippen LogP contribution in [-0.2, 0) is 0 Å². The molecule has 3 rings (SSSR count). The molecule has 0 aliphatic heterocycles. The molecule has 0 radical (unpaired) electrons. The van der Waals surface area contributed by atoms with Crippen molar-refractivity contribution in [3.63, 3.8) is 0 Å². The molecule has 2 heterocycles. The molecule has 88 valence electrons. The van der Waals surface area contributed by atoms with Gasteiger partial charge in [0.2, 0.25) is 0 Å².